The first kappa shape index (κ1) is 17.7. The third-order valence-electron chi connectivity index (χ3n) is 4.27. The fourth-order valence-corrected chi connectivity index (χ4v) is 2.26. The number of anilines is 2. The van der Waals surface area contributed by atoms with E-state index >= 15 is 0 Å². The highest BCUT2D eigenvalue weighted by atomic mass is 16.3. The maximum Gasteiger partial charge on any atom is 0.148 e. The van der Waals surface area contributed by atoms with Crippen LogP contribution in [0.15, 0.2) is 0 Å². The number of rotatable bonds is 9. The van der Waals surface area contributed by atoms with Gasteiger partial charge >= 0.3 is 0 Å². The Morgan fingerprint density at radius 1 is 1.14 bits per heavy atom. The minimum atomic E-state index is -0.112. The molecule has 0 saturated carbocycles. The standard InChI is InChI=1S/C15H29N5O/c1-5-8-12-18-13(11(4)14(19-12)20-16)17-9-15(6-2,7-3)10-21/h21H,5-10,16H2,1-4H3,(H2,17,18,19,20). The van der Waals surface area contributed by atoms with Crippen LogP contribution in [0, 0.1) is 12.3 Å². The lowest BCUT2D eigenvalue weighted by molar-refractivity contribution is 0.127. The number of nitrogens with zero attached hydrogens (tertiary/aromatic N) is 2. The van der Waals surface area contributed by atoms with E-state index in [0.29, 0.717) is 12.4 Å². The summed E-state index contributed by atoms with van der Waals surface area (Å²) in [6, 6.07) is 0. The van der Waals surface area contributed by atoms with Crippen LogP contribution in [0.5, 0.6) is 0 Å². The van der Waals surface area contributed by atoms with Gasteiger partial charge in [-0.15, -0.1) is 0 Å². The Hall–Kier alpha value is -1.40. The molecule has 6 nitrogen and oxygen atoms in total. The lowest BCUT2D eigenvalue weighted by Crippen LogP contribution is -2.33. The molecule has 0 fully saturated rings. The first-order valence-electron chi connectivity index (χ1n) is 7.74. The van der Waals surface area contributed by atoms with Crippen molar-refractivity contribution >= 4 is 11.6 Å². The number of aliphatic hydroxyl groups excluding tert-OH is 1. The Morgan fingerprint density at radius 2 is 1.76 bits per heavy atom. The second-order valence-electron chi connectivity index (χ2n) is 5.58. The SMILES string of the molecule is CCCc1nc(NN)c(C)c(NCC(CC)(CC)CO)n1. The molecule has 6 heteroatoms. The zero-order valence-corrected chi connectivity index (χ0v) is 13.7. The Balaban J connectivity index is 2.98. The molecule has 5 N–H and O–H groups in total. The van der Waals surface area contributed by atoms with Gasteiger partial charge in [0.1, 0.15) is 17.5 Å². The average Bonchev–Trinajstić information content (AvgIpc) is 2.52. The molecule has 1 heterocycles. The molecule has 0 aliphatic heterocycles. The summed E-state index contributed by atoms with van der Waals surface area (Å²) < 4.78 is 0. The minimum Gasteiger partial charge on any atom is -0.396 e. The third kappa shape index (κ3) is 4.28. The van der Waals surface area contributed by atoms with Gasteiger partial charge in [-0.2, -0.15) is 0 Å². The van der Waals surface area contributed by atoms with Crippen molar-refractivity contribution in [2.75, 3.05) is 23.9 Å². The fourth-order valence-electron chi connectivity index (χ4n) is 2.26. The number of nitrogens with one attached hydrogen (secondary N) is 2. The molecule has 21 heavy (non-hydrogen) atoms. The van der Waals surface area contributed by atoms with Crippen molar-refractivity contribution in [2.45, 2.75) is 53.4 Å². The zero-order chi connectivity index (χ0) is 15.9. The van der Waals surface area contributed by atoms with E-state index in [1.165, 1.54) is 0 Å². The van der Waals surface area contributed by atoms with E-state index in [0.717, 1.165) is 42.9 Å². The molecule has 0 bridgehead atoms. The monoisotopic (exact) mass is 295 g/mol. The average molecular weight is 295 g/mol. The van der Waals surface area contributed by atoms with E-state index in [4.69, 9.17) is 5.84 Å². The van der Waals surface area contributed by atoms with Gasteiger partial charge in [-0.25, -0.2) is 15.8 Å². The quantitative estimate of drug-likeness (QED) is 0.412. The Kier molecular flexibility index (Phi) is 6.84. The van der Waals surface area contributed by atoms with Gasteiger partial charge in [0, 0.05) is 23.9 Å². The van der Waals surface area contributed by atoms with Gasteiger partial charge in [0.15, 0.2) is 0 Å². The van der Waals surface area contributed by atoms with Gasteiger partial charge in [0.25, 0.3) is 0 Å². The van der Waals surface area contributed by atoms with Crippen molar-refractivity contribution in [3.05, 3.63) is 11.4 Å². The van der Waals surface area contributed by atoms with Crippen LogP contribution >= 0.6 is 0 Å². The molecule has 0 amide bonds. The van der Waals surface area contributed by atoms with E-state index < -0.39 is 0 Å². The van der Waals surface area contributed by atoms with Gasteiger partial charge in [-0.1, -0.05) is 20.8 Å². The highest BCUT2D eigenvalue weighted by Crippen LogP contribution is 2.27. The Bertz CT molecular complexity index is 438. The van der Waals surface area contributed by atoms with Crippen LogP contribution < -0.4 is 16.6 Å². The van der Waals surface area contributed by atoms with Crippen LogP contribution in [0.25, 0.3) is 0 Å². The van der Waals surface area contributed by atoms with Gasteiger partial charge in [-0.05, 0) is 26.2 Å². The number of aliphatic hydroxyl groups is 1. The Labute approximate surface area is 127 Å². The van der Waals surface area contributed by atoms with Crippen LogP contribution in [-0.4, -0.2) is 28.2 Å². The summed E-state index contributed by atoms with van der Waals surface area (Å²) in [7, 11) is 0. The zero-order valence-electron chi connectivity index (χ0n) is 13.7. The third-order valence-corrected chi connectivity index (χ3v) is 4.27. The van der Waals surface area contributed by atoms with Crippen molar-refractivity contribution in [3.8, 4) is 0 Å². The number of hydrogen-bond acceptors (Lipinski definition) is 6. The van der Waals surface area contributed by atoms with E-state index in [2.05, 4.69) is 41.5 Å². The number of hydrogen-bond donors (Lipinski definition) is 4. The van der Waals surface area contributed by atoms with Crippen molar-refractivity contribution < 1.29 is 5.11 Å². The Morgan fingerprint density at radius 3 is 2.24 bits per heavy atom. The minimum absolute atomic E-state index is 0.112. The molecule has 0 aliphatic carbocycles. The second kappa shape index (κ2) is 8.14. The molecule has 0 spiro atoms. The van der Waals surface area contributed by atoms with E-state index in [1.54, 1.807) is 0 Å². The highest BCUT2D eigenvalue weighted by molar-refractivity contribution is 5.56. The van der Waals surface area contributed by atoms with Crippen LogP contribution in [0.4, 0.5) is 11.6 Å². The molecule has 1 aromatic heterocycles. The maximum atomic E-state index is 9.66. The molecule has 0 radical (unpaired) electrons. The van der Waals surface area contributed by atoms with Crippen molar-refractivity contribution in [1.82, 2.24) is 9.97 Å². The summed E-state index contributed by atoms with van der Waals surface area (Å²) in [6.45, 7) is 9.08. The molecular formula is C15H29N5O. The molecule has 0 saturated heterocycles. The molecule has 0 unspecified atom stereocenters. The van der Waals surface area contributed by atoms with Gasteiger partial charge < -0.3 is 15.8 Å². The first-order valence-corrected chi connectivity index (χ1v) is 7.74. The predicted molar refractivity (Wildman–Crippen MR) is 87.2 cm³/mol. The van der Waals surface area contributed by atoms with E-state index in [1.807, 2.05) is 6.92 Å². The number of aromatic nitrogens is 2. The lowest BCUT2D eigenvalue weighted by atomic mass is 9.83. The molecule has 0 atom stereocenters. The number of nitrogen functional groups attached to an aromatic ring is 1. The van der Waals surface area contributed by atoms with E-state index in [-0.39, 0.29) is 12.0 Å². The second-order valence-corrected chi connectivity index (χ2v) is 5.58. The molecule has 1 rings (SSSR count). The normalized spacial score (nSPS) is 11.5. The number of aryl methyl sites for hydroxylation is 1. The van der Waals surface area contributed by atoms with Crippen molar-refractivity contribution in [3.63, 3.8) is 0 Å². The summed E-state index contributed by atoms with van der Waals surface area (Å²) in [5, 5.41) is 13.0. The summed E-state index contributed by atoms with van der Waals surface area (Å²) in [6.07, 6.45) is 3.63. The summed E-state index contributed by atoms with van der Waals surface area (Å²) in [4.78, 5) is 8.99. The summed E-state index contributed by atoms with van der Waals surface area (Å²) in [5.74, 6) is 7.76. The van der Waals surface area contributed by atoms with Crippen LogP contribution in [0.3, 0.4) is 0 Å². The maximum absolute atomic E-state index is 9.66. The van der Waals surface area contributed by atoms with Crippen LogP contribution in [-0.2, 0) is 6.42 Å². The topological polar surface area (TPSA) is 96.1 Å². The predicted octanol–water partition coefficient (Wildman–Crippen LogP) is 2.23. The summed E-state index contributed by atoms with van der Waals surface area (Å²) in [5.41, 5.74) is 3.42. The van der Waals surface area contributed by atoms with Crippen molar-refractivity contribution in [2.24, 2.45) is 11.3 Å². The van der Waals surface area contributed by atoms with Crippen LogP contribution in [0.1, 0.15) is 51.4 Å². The summed E-state index contributed by atoms with van der Waals surface area (Å²) >= 11 is 0. The number of hydrazine groups is 1. The van der Waals surface area contributed by atoms with Gasteiger partial charge in [0.2, 0.25) is 0 Å². The molecule has 1 aromatic rings. The molecule has 120 valence electrons. The largest absolute Gasteiger partial charge is 0.396 e. The molecule has 0 aliphatic rings. The lowest BCUT2D eigenvalue weighted by Gasteiger charge is -2.30. The molecule has 0 aromatic carbocycles. The van der Waals surface area contributed by atoms with Crippen molar-refractivity contribution in [1.29, 1.82) is 0 Å². The van der Waals surface area contributed by atoms with Gasteiger partial charge in [-0.3, -0.25) is 0 Å². The first-order chi connectivity index (χ1) is 10.1. The van der Waals surface area contributed by atoms with Gasteiger partial charge in [0.05, 0.1) is 6.61 Å². The highest BCUT2D eigenvalue weighted by Gasteiger charge is 2.25. The van der Waals surface area contributed by atoms with Crippen LogP contribution in [0.2, 0.25) is 0 Å². The van der Waals surface area contributed by atoms with E-state index in [9.17, 15) is 5.11 Å². The number of nitrogens with two attached hydrogens (primary N) is 1. The molecular weight excluding hydrogens is 266 g/mol. The smallest absolute Gasteiger partial charge is 0.148 e. The fraction of sp³-hybridized carbons (Fsp3) is 0.733.